The van der Waals surface area contributed by atoms with Crippen molar-refractivity contribution in [3.63, 3.8) is 0 Å². The van der Waals surface area contributed by atoms with Gasteiger partial charge in [-0.15, -0.1) is 0 Å². The summed E-state index contributed by atoms with van der Waals surface area (Å²) in [6, 6.07) is 8.99. The molecule has 4 atom stereocenters. The van der Waals surface area contributed by atoms with Gasteiger partial charge in [0.1, 0.15) is 40.7 Å². The summed E-state index contributed by atoms with van der Waals surface area (Å²) in [4.78, 5) is 29.3. The minimum atomic E-state index is -0.191. The number of hydrogen-bond acceptors (Lipinski definition) is 8. The molecule has 39 heavy (non-hydrogen) atoms. The number of oxazole rings is 1. The molecule has 1 aliphatic carbocycles. The standard InChI is InChI=1S/C27H31B3N6O3/c1-13-6-17(13)25(37)34-23-8-18-19(9-31-23)24(35-27(28,29)30)32-10-20(18)26-33-21-7-14(4-5-22(21)39-26)36-15-2-3-16(36)12-38-11-15/h4-5,7-10,13,15-17H,2-3,6,11-12,28-30H2,1H3,(H,32,35)(H,31,34,37)/t13-,15?,16?,17+/m1/s1. The van der Waals surface area contributed by atoms with Crippen molar-refractivity contribution >= 4 is 68.6 Å². The first-order valence-corrected chi connectivity index (χ1v) is 13.9. The third kappa shape index (κ3) is 4.54. The van der Waals surface area contributed by atoms with E-state index in [9.17, 15) is 4.79 Å². The molecule has 0 spiro atoms. The van der Waals surface area contributed by atoms with E-state index in [0.29, 0.717) is 29.7 Å². The van der Waals surface area contributed by atoms with E-state index in [4.69, 9.17) is 19.1 Å². The molecule has 0 radical (unpaired) electrons. The lowest BCUT2D eigenvalue weighted by Gasteiger charge is -2.36. The molecule has 3 aromatic heterocycles. The van der Waals surface area contributed by atoms with Crippen molar-refractivity contribution in [2.45, 2.75) is 43.5 Å². The average Bonchev–Trinajstić information content (AvgIpc) is 3.39. The molecule has 2 saturated heterocycles. The lowest BCUT2D eigenvalue weighted by molar-refractivity contribution is -0.117. The first-order chi connectivity index (χ1) is 18.7. The van der Waals surface area contributed by atoms with Gasteiger partial charge in [0.2, 0.25) is 11.8 Å². The maximum atomic E-state index is 12.6. The number of ether oxygens (including phenoxy) is 1. The highest BCUT2D eigenvalue weighted by molar-refractivity contribution is 6.60. The first-order valence-electron chi connectivity index (χ1n) is 13.9. The fourth-order valence-corrected chi connectivity index (χ4v) is 5.98. The Bertz CT molecular complexity index is 1590. The van der Waals surface area contributed by atoms with Crippen LogP contribution in [0.15, 0.2) is 41.1 Å². The van der Waals surface area contributed by atoms with Crippen LogP contribution in [0.3, 0.4) is 0 Å². The average molecular weight is 520 g/mol. The third-order valence-corrected chi connectivity index (χ3v) is 8.10. The summed E-state index contributed by atoms with van der Waals surface area (Å²) in [7, 11) is 6.27. The number of amides is 1. The van der Waals surface area contributed by atoms with Crippen LogP contribution in [0, 0.1) is 11.8 Å². The van der Waals surface area contributed by atoms with Gasteiger partial charge in [0.25, 0.3) is 0 Å². The molecule has 3 aliphatic rings. The largest absolute Gasteiger partial charge is 0.436 e. The second-order valence-corrected chi connectivity index (χ2v) is 12.3. The Kier molecular flexibility index (Phi) is 5.66. The zero-order valence-corrected chi connectivity index (χ0v) is 22.8. The van der Waals surface area contributed by atoms with Crippen LogP contribution >= 0.6 is 0 Å². The van der Waals surface area contributed by atoms with E-state index < -0.39 is 0 Å². The molecule has 2 aliphatic heterocycles. The maximum Gasteiger partial charge on any atom is 0.229 e. The number of benzene rings is 1. The SMILES string of the molecule is BC(B)(B)Nc1ncc(-c2nc3cc(N4C5CCC4COC5)ccc3o2)c2cc(NC(=O)[C@H]3C[C@H]3C)ncc12. The molecule has 12 heteroatoms. The van der Waals surface area contributed by atoms with Gasteiger partial charge in [-0.05, 0) is 54.7 Å². The van der Waals surface area contributed by atoms with E-state index in [2.05, 4.69) is 63.1 Å². The van der Waals surface area contributed by atoms with Crippen molar-refractivity contribution in [3.05, 3.63) is 36.7 Å². The number of carbonyl (C=O) groups excluding carboxylic acids is 1. The molecular weight excluding hydrogens is 489 g/mol. The number of pyridine rings is 2. The Labute approximate surface area is 229 Å². The van der Waals surface area contributed by atoms with Gasteiger partial charge in [0.15, 0.2) is 5.58 Å². The normalized spacial score (nSPS) is 24.3. The zero-order valence-electron chi connectivity index (χ0n) is 22.8. The molecule has 9 nitrogen and oxygen atoms in total. The Morgan fingerprint density at radius 3 is 2.56 bits per heavy atom. The Morgan fingerprint density at radius 1 is 1.08 bits per heavy atom. The Balaban J connectivity index is 1.29. The molecule has 3 fully saturated rings. The van der Waals surface area contributed by atoms with E-state index in [1.807, 2.05) is 12.1 Å². The summed E-state index contributed by atoms with van der Waals surface area (Å²) in [5.41, 5.74) is 3.45. The van der Waals surface area contributed by atoms with Gasteiger partial charge >= 0.3 is 0 Å². The summed E-state index contributed by atoms with van der Waals surface area (Å²) in [6.07, 6.45) is 6.79. The predicted octanol–water partition coefficient (Wildman–Crippen LogP) is 1.32. The zero-order chi connectivity index (χ0) is 26.9. The monoisotopic (exact) mass is 520 g/mol. The van der Waals surface area contributed by atoms with Crippen molar-refractivity contribution < 1.29 is 13.9 Å². The van der Waals surface area contributed by atoms with Gasteiger partial charge in [-0.25, -0.2) is 15.0 Å². The number of rotatable bonds is 6. The van der Waals surface area contributed by atoms with Gasteiger partial charge in [0.05, 0.1) is 30.9 Å². The quantitative estimate of drug-likeness (QED) is 0.368. The summed E-state index contributed by atoms with van der Waals surface area (Å²) in [5, 5.41) is 7.99. The van der Waals surface area contributed by atoms with E-state index in [1.165, 1.54) is 0 Å². The number of aromatic nitrogens is 3. The second kappa shape index (κ2) is 9.01. The predicted molar refractivity (Wildman–Crippen MR) is 161 cm³/mol. The van der Waals surface area contributed by atoms with Crippen LogP contribution in [0.2, 0.25) is 0 Å². The second-order valence-electron chi connectivity index (χ2n) is 12.3. The first kappa shape index (κ1) is 24.5. The van der Waals surface area contributed by atoms with Crippen LogP contribution < -0.4 is 15.5 Å². The molecule has 196 valence electrons. The fraction of sp³-hybridized carbons (Fsp3) is 0.407. The van der Waals surface area contributed by atoms with Crippen molar-refractivity contribution in [3.8, 4) is 11.5 Å². The Morgan fingerprint density at radius 2 is 1.85 bits per heavy atom. The number of anilines is 3. The summed E-state index contributed by atoms with van der Waals surface area (Å²) < 4.78 is 12.0. The summed E-state index contributed by atoms with van der Waals surface area (Å²) in [6.45, 7) is 3.64. The molecular formula is C27H31B3N6O3. The molecule has 4 aromatic rings. The van der Waals surface area contributed by atoms with E-state index in [0.717, 1.165) is 71.4 Å². The van der Waals surface area contributed by atoms with Crippen LogP contribution in [0.4, 0.5) is 17.3 Å². The van der Waals surface area contributed by atoms with Gasteiger partial charge in [0, 0.05) is 34.8 Å². The highest BCUT2D eigenvalue weighted by Gasteiger charge is 2.39. The number of fused-ring (bicyclic) bond motifs is 4. The summed E-state index contributed by atoms with van der Waals surface area (Å²) in [5.74, 6) is 2.23. The molecule has 2 bridgehead atoms. The smallest absolute Gasteiger partial charge is 0.229 e. The topological polar surface area (TPSA) is 105 Å². The van der Waals surface area contributed by atoms with E-state index in [-0.39, 0.29) is 17.1 Å². The van der Waals surface area contributed by atoms with Crippen LogP contribution in [0.5, 0.6) is 0 Å². The lowest BCUT2D eigenvalue weighted by Crippen LogP contribution is -2.45. The molecule has 1 saturated carbocycles. The highest BCUT2D eigenvalue weighted by Crippen LogP contribution is 2.40. The van der Waals surface area contributed by atoms with Crippen molar-refractivity contribution in [2.24, 2.45) is 11.8 Å². The number of nitrogens with one attached hydrogen (secondary N) is 2. The van der Waals surface area contributed by atoms with Crippen molar-refractivity contribution in [1.82, 2.24) is 15.0 Å². The minimum Gasteiger partial charge on any atom is -0.436 e. The molecule has 2 unspecified atom stereocenters. The van der Waals surface area contributed by atoms with Gasteiger partial charge in [-0.2, -0.15) is 0 Å². The highest BCUT2D eigenvalue weighted by atomic mass is 16.5. The van der Waals surface area contributed by atoms with Gasteiger partial charge in [-0.1, -0.05) is 6.92 Å². The van der Waals surface area contributed by atoms with Crippen LogP contribution in [-0.4, -0.2) is 74.9 Å². The lowest BCUT2D eigenvalue weighted by atomic mass is 9.49. The maximum absolute atomic E-state index is 12.6. The number of hydrogen-bond donors (Lipinski definition) is 2. The molecule has 1 amide bonds. The van der Waals surface area contributed by atoms with Gasteiger partial charge in [-0.3, -0.25) is 4.79 Å². The van der Waals surface area contributed by atoms with Crippen LogP contribution in [0.1, 0.15) is 26.2 Å². The number of morpholine rings is 1. The molecule has 2 N–H and O–H groups in total. The third-order valence-electron chi connectivity index (χ3n) is 8.10. The van der Waals surface area contributed by atoms with Gasteiger partial charge < -0.3 is 24.7 Å². The molecule has 7 rings (SSSR count). The van der Waals surface area contributed by atoms with Crippen molar-refractivity contribution in [1.29, 1.82) is 0 Å². The molecule has 1 aromatic carbocycles. The van der Waals surface area contributed by atoms with Crippen LogP contribution in [-0.2, 0) is 9.53 Å². The summed E-state index contributed by atoms with van der Waals surface area (Å²) >= 11 is 0. The number of carbonyl (C=O) groups is 1. The minimum absolute atomic E-state index is 0.0180. The van der Waals surface area contributed by atoms with Crippen LogP contribution in [0.25, 0.3) is 33.3 Å². The van der Waals surface area contributed by atoms with E-state index in [1.54, 1.807) is 12.4 Å². The fourth-order valence-electron chi connectivity index (χ4n) is 5.98. The van der Waals surface area contributed by atoms with E-state index >= 15 is 0 Å². The Hall–Kier alpha value is -3.53. The van der Waals surface area contributed by atoms with Crippen molar-refractivity contribution in [2.75, 3.05) is 28.7 Å². The number of nitrogens with zero attached hydrogens (tertiary/aromatic N) is 4. The molecule has 5 heterocycles.